The van der Waals surface area contributed by atoms with Crippen LogP contribution in [0.2, 0.25) is 0 Å². The molecule has 0 aromatic heterocycles. The molecule has 3 N–H and O–H groups in total. The molecule has 1 aliphatic carbocycles. The predicted molar refractivity (Wildman–Crippen MR) is 122 cm³/mol. The maximum atomic E-state index is 10.7. The van der Waals surface area contributed by atoms with E-state index in [2.05, 4.69) is 13.8 Å². The highest BCUT2D eigenvalue weighted by Crippen LogP contribution is 2.46. The topological polar surface area (TPSA) is 77.8 Å². The number of hydrogen-bond donors (Lipinski definition) is 3. The molecule has 0 amide bonds. The molecule has 30 heavy (non-hydrogen) atoms. The van der Waals surface area contributed by atoms with Crippen molar-refractivity contribution in [3.63, 3.8) is 0 Å². The van der Waals surface area contributed by atoms with Crippen molar-refractivity contribution in [1.29, 1.82) is 0 Å². The number of alkyl halides is 1. The summed E-state index contributed by atoms with van der Waals surface area (Å²) < 4.78 is 0. The Morgan fingerprint density at radius 2 is 1.80 bits per heavy atom. The molecule has 4 nitrogen and oxygen atoms in total. The van der Waals surface area contributed by atoms with Crippen LogP contribution in [0.3, 0.4) is 0 Å². The van der Waals surface area contributed by atoms with E-state index in [9.17, 15) is 15.0 Å². The summed E-state index contributed by atoms with van der Waals surface area (Å²) in [5.74, 6) is -0.0735. The fourth-order valence-corrected chi connectivity index (χ4v) is 5.31. The van der Waals surface area contributed by atoms with Crippen LogP contribution in [0.15, 0.2) is 24.3 Å². The summed E-state index contributed by atoms with van der Waals surface area (Å²) in [6, 6.07) is 8.08. The maximum absolute atomic E-state index is 10.7. The van der Waals surface area contributed by atoms with Crippen molar-refractivity contribution in [3.8, 4) is 0 Å². The highest BCUT2D eigenvalue weighted by atomic mass is 35.5. The fraction of sp³-hybridized carbons (Fsp3) is 0.720. The number of halogens is 1. The average Bonchev–Trinajstić information content (AvgIpc) is 2.98. The molecule has 0 radical (unpaired) electrons. The number of benzene rings is 1. The Bertz CT molecular complexity index is 633. The molecule has 0 bridgehead atoms. The summed E-state index contributed by atoms with van der Waals surface area (Å²) >= 11 is 6.64. The third-order valence-corrected chi connectivity index (χ3v) is 7.11. The molecule has 6 atom stereocenters. The van der Waals surface area contributed by atoms with Gasteiger partial charge in [-0.2, -0.15) is 0 Å². The van der Waals surface area contributed by atoms with Crippen molar-refractivity contribution >= 4 is 17.6 Å². The van der Waals surface area contributed by atoms with E-state index in [1.807, 2.05) is 24.3 Å². The normalized spacial score (nSPS) is 25.9. The SMILES string of the molecule is CCCCCC(O)c1ccc(C2C(C[C@@H](C)CCCCC(=O)O)[C@H](Cl)C[C@H]2O)cc1. The van der Waals surface area contributed by atoms with E-state index in [0.717, 1.165) is 56.1 Å². The van der Waals surface area contributed by atoms with Gasteiger partial charge < -0.3 is 15.3 Å². The van der Waals surface area contributed by atoms with Crippen LogP contribution >= 0.6 is 11.6 Å². The summed E-state index contributed by atoms with van der Waals surface area (Å²) in [7, 11) is 0. The minimum absolute atomic E-state index is 0.0141. The number of carboxylic acid groups (broad SMARTS) is 1. The van der Waals surface area contributed by atoms with Crippen molar-refractivity contribution in [3.05, 3.63) is 35.4 Å². The number of aliphatic hydroxyl groups is 2. The van der Waals surface area contributed by atoms with Gasteiger partial charge in [-0.25, -0.2) is 0 Å². The van der Waals surface area contributed by atoms with Gasteiger partial charge in [0, 0.05) is 17.7 Å². The number of carboxylic acids is 1. The molecule has 0 aliphatic heterocycles. The zero-order valence-corrected chi connectivity index (χ0v) is 19.2. The standard InChI is InChI=1S/C25H39ClO4/c1-3-4-5-9-22(27)18-11-13-19(14-12-18)25-20(21(26)16-23(25)28)15-17(2)8-6-7-10-24(29)30/h11-14,17,20-23,25,27-28H,3-10,15-16H2,1-2H3,(H,29,30)/t17-,20?,21+,22?,23+,25?/m0/s1. The third-order valence-electron chi connectivity index (χ3n) is 6.61. The van der Waals surface area contributed by atoms with Gasteiger partial charge in [-0.15, -0.1) is 11.6 Å². The van der Waals surface area contributed by atoms with Crippen LogP contribution in [0.5, 0.6) is 0 Å². The largest absolute Gasteiger partial charge is 0.481 e. The number of hydrogen-bond acceptors (Lipinski definition) is 3. The van der Waals surface area contributed by atoms with Gasteiger partial charge in [0.2, 0.25) is 0 Å². The summed E-state index contributed by atoms with van der Waals surface area (Å²) in [5, 5.41) is 29.8. The van der Waals surface area contributed by atoms with Crippen LogP contribution < -0.4 is 0 Å². The van der Waals surface area contributed by atoms with Gasteiger partial charge in [-0.05, 0) is 48.6 Å². The number of unbranched alkanes of at least 4 members (excludes halogenated alkanes) is 3. The highest BCUT2D eigenvalue weighted by Gasteiger charge is 2.42. The quantitative estimate of drug-likeness (QED) is 0.259. The number of aliphatic carboxylic acids is 1. The lowest BCUT2D eigenvalue weighted by molar-refractivity contribution is -0.137. The van der Waals surface area contributed by atoms with E-state index >= 15 is 0 Å². The Kier molecular flexibility index (Phi) is 10.6. The molecular weight excluding hydrogens is 400 g/mol. The van der Waals surface area contributed by atoms with E-state index in [1.165, 1.54) is 0 Å². The zero-order chi connectivity index (χ0) is 22.1. The minimum atomic E-state index is -0.735. The summed E-state index contributed by atoms with van der Waals surface area (Å²) in [5.41, 5.74) is 2.03. The van der Waals surface area contributed by atoms with Crippen LogP contribution in [0.4, 0.5) is 0 Å². The maximum Gasteiger partial charge on any atom is 0.303 e. The Balaban J connectivity index is 1.97. The molecular formula is C25H39ClO4. The van der Waals surface area contributed by atoms with Crippen LogP contribution in [0.1, 0.15) is 101 Å². The van der Waals surface area contributed by atoms with Crippen LogP contribution in [0, 0.1) is 11.8 Å². The second-order valence-electron chi connectivity index (χ2n) is 9.17. The highest BCUT2D eigenvalue weighted by molar-refractivity contribution is 6.21. The molecule has 1 saturated carbocycles. The Morgan fingerprint density at radius 3 is 2.43 bits per heavy atom. The fourth-order valence-electron chi connectivity index (χ4n) is 4.87. The van der Waals surface area contributed by atoms with E-state index < -0.39 is 18.2 Å². The van der Waals surface area contributed by atoms with E-state index in [1.54, 1.807) is 0 Å². The summed E-state index contributed by atoms with van der Waals surface area (Å²) in [6.45, 7) is 4.35. The third kappa shape index (κ3) is 7.55. The molecule has 0 spiro atoms. The van der Waals surface area contributed by atoms with E-state index in [-0.39, 0.29) is 23.6 Å². The van der Waals surface area contributed by atoms with Crippen LogP contribution in [-0.4, -0.2) is 32.8 Å². The van der Waals surface area contributed by atoms with Gasteiger partial charge in [0.05, 0.1) is 12.2 Å². The van der Waals surface area contributed by atoms with Gasteiger partial charge in [-0.3, -0.25) is 4.79 Å². The second-order valence-corrected chi connectivity index (χ2v) is 9.73. The molecule has 170 valence electrons. The number of rotatable bonds is 13. The van der Waals surface area contributed by atoms with Crippen molar-refractivity contribution in [2.24, 2.45) is 11.8 Å². The molecule has 2 rings (SSSR count). The Hall–Kier alpha value is -1.10. The zero-order valence-electron chi connectivity index (χ0n) is 18.5. The minimum Gasteiger partial charge on any atom is -0.481 e. The molecule has 1 aliphatic rings. The lowest BCUT2D eigenvalue weighted by Crippen LogP contribution is -2.21. The smallest absolute Gasteiger partial charge is 0.303 e. The first-order valence-electron chi connectivity index (χ1n) is 11.6. The van der Waals surface area contributed by atoms with E-state index in [0.29, 0.717) is 18.8 Å². The number of carbonyl (C=O) groups is 1. The van der Waals surface area contributed by atoms with Crippen molar-refractivity contribution < 1.29 is 20.1 Å². The first kappa shape index (κ1) is 25.2. The molecule has 0 heterocycles. The van der Waals surface area contributed by atoms with Gasteiger partial charge in [0.1, 0.15) is 0 Å². The monoisotopic (exact) mass is 438 g/mol. The molecule has 0 saturated heterocycles. The van der Waals surface area contributed by atoms with Crippen LogP contribution in [0.25, 0.3) is 0 Å². The molecule has 3 unspecified atom stereocenters. The molecule has 1 aromatic rings. The average molecular weight is 439 g/mol. The lowest BCUT2D eigenvalue weighted by atomic mass is 9.81. The Morgan fingerprint density at radius 1 is 1.13 bits per heavy atom. The lowest BCUT2D eigenvalue weighted by Gasteiger charge is -2.27. The summed E-state index contributed by atoms with van der Waals surface area (Å²) in [6.07, 6.45) is 7.58. The molecule has 1 aromatic carbocycles. The van der Waals surface area contributed by atoms with Crippen molar-refractivity contribution in [1.82, 2.24) is 0 Å². The number of aliphatic hydroxyl groups excluding tert-OH is 2. The van der Waals surface area contributed by atoms with Crippen molar-refractivity contribution in [2.45, 2.75) is 102 Å². The van der Waals surface area contributed by atoms with Crippen molar-refractivity contribution in [2.75, 3.05) is 0 Å². The van der Waals surface area contributed by atoms with E-state index in [4.69, 9.17) is 16.7 Å². The van der Waals surface area contributed by atoms with Gasteiger partial charge in [0.15, 0.2) is 0 Å². The second kappa shape index (κ2) is 12.7. The molecule has 5 heteroatoms. The summed E-state index contributed by atoms with van der Waals surface area (Å²) in [4.78, 5) is 10.7. The first-order valence-corrected chi connectivity index (χ1v) is 12.1. The van der Waals surface area contributed by atoms with Crippen LogP contribution in [-0.2, 0) is 4.79 Å². The molecule has 1 fully saturated rings. The van der Waals surface area contributed by atoms with Gasteiger partial charge in [-0.1, -0.05) is 70.2 Å². The van der Waals surface area contributed by atoms with Gasteiger partial charge in [0.25, 0.3) is 0 Å². The predicted octanol–water partition coefficient (Wildman–Crippen LogP) is 6.04. The van der Waals surface area contributed by atoms with Gasteiger partial charge >= 0.3 is 5.97 Å². The Labute approximate surface area is 186 Å². The first-order chi connectivity index (χ1) is 14.3.